The second-order valence-corrected chi connectivity index (χ2v) is 5.51. The summed E-state index contributed by atoms with van der Waals surface area (Å²) in [6.45, 7) is 7.44. The Morgan fingerprint density at radius 2 is 2.00 bits per heavy atom. The molecule has 2 aromatic rings. The largest absolute Gasteiger partial charge is 0.307 e. The van der Waals surface area contributed by atoms with E-state index in [1.54, 1.807) is 0 Å². The summed E-state index contributed by atoms with van der Waals surface area (Å²) in [5.74, 6) is 0. The van der Waals surface area contributed by atoms with E-state index in [0.29, 0.717) is 6.04 Å². The molecule has 0 bridgehead atoms. The molecule has 1 nitrogen and oxygen atoms in total. The molecule has 1 heterocycles. The standard InChI is InChI=1S/C15H19NS/c1-4-16-15(14-9-12(3)17-10-14)13-7-5-6-11(2)8-13/h5-10,15-16H,4H2,1-3H3. The molecule has 2 heteroatoms. The van der Waals surface area contributed by atoms with Gasteiger partial charge in [-0.05, 0) is 43.0 Å². The molecule has 2 rings (SSSR count). The lowest BCUT2D eigenvalue weighted by Gasteiger charge is -2.17. The second-order valence-electron chi connectivity index (χ2n) is 4.40. The topological polar surface area (TPSA) is 12.0 Å². The van der Waals surface area contributed by atoms with E-state index in [-0.39, 0.29) is 0 Å². The summed E-state index contributed by atoms with van der Waals surface area (Å²) in [5.41, 5.74) is 4.04. The van der Waals surface area contributed by atoms with Crippen molar-refractivity contribution in [3.8, 4) is 0 Å². The lowest BCUT2D eigenvalue weighted by atomic mass is 9.99. The number of hydrogen-bond donors (Lipinski definition) is 1. The van der Waals surface area contributed by atoms with E-state index in [2.05, 4.69) is 61.8 Å². The lowest BCUT2D eigenvalue weighted by Crippen LogP contribution is -2.21. The van der Waals surface area contributed by atoms with Gasteiger partial charge in [0, 0.05) is 4.88 Å². The van der Waals surface area contributed by atoms with Gasteiger partial charge in [0.25, 0.3) is 0 Å². The Hall–Kier alpha value is -1.12. The molecular formula is C15H19NS. The molecule has 1 aromatic heterocycles. The first-order valence-electron chi connectivity index (χ1n) is 6.05. The predicted octanol–water partition coefficient (Wildman–Crippen LogP) is 4.06. The quantitative estimate of drug-likeness (QED) is 0.856. The number of hydrogen-bond acceptors (Lipinski definition) is 2. The van der Waals surface area contributed by atoms with Crippen molar-refractivity contribution in [1.82, 2.24) is 5.32 Å². The molecule has 0 saturated carbocycles. The van der Waals surface area contributed by atoms with Crippen molar-refractivity contribution < 1.29 is 0 Å². The number of benzene rings is 1. The smallest absolute Gasteiger partial charge is 0.0585 e. The molecule has 17 heavy (non-hydrogen) atoms. The Labute approximate surface area is 108 Å². The molecule has 0 radical (unpaired) electrons. The molecular weight excluding hydrogens is 226 g/mol. The van der Waals surface area contributed by atoms with Crippen molar-refractivity contribution in [1.29, 1.82) is 0 Å². The van der Waals surface area contributed by atoms with E-state index in [9.17, 15) is 0 Å². The molecule has 1 N–H and O–H groups in total. The first-order chi connectivity index (χ1) is 8.20. The van der Waals surface area contributed by atoms with Crippen LogP contribution in [0.15, 0.2) is 35.7 Å². The van der Waals surface area contributed by atoms with Crippen LogP contribution in [0.1, 0.15) is 34.5 Å². The van der Waals surface area contributed by atoms with Gasteiger partial charge in [-0.1, -0.05) is 36.8 Å². The zero-order valence-corrected chi connectivity index (χ0v) is 11.5. The van der Waals surface area contributed by atoms with Crippen LogP contribution in [0.3, 0.4) is 0 Å². The van der Waals surface area contributed by atoms with Crippen LogP contribution in [0.4, 0.5) is 0 Å². The van der Waals surface area contributed by atoms with Gasteiger partial charge in [0.1, 0.15) is 0 Å². The van der Waals surface area contributed by atoms with Crippen LogP contribution in [-0.2, 0) is 0 Å². The molecule has 90 valence electrons. The van der Waals surface area contributed by atoms with Crippen LogP contribution in [0.5, 0.6) is 0 Å². The maximum absolute atomic E-state index is 3.56. The van der Waals surface area contributed by atoms with Crippen molar-refractivity contribution in [3.63, 3.8) is 0 Å². The Balaban J connectivity index is 2.35. The van der Waals surface area contributed by atoms with Crippen LogP contribution >= 0.6 is 11.3 Å². The fourth-order valence-electron chi connectivity index (χ4n) is 2.10. The molecule has 0 amide bonds. The Morgan fingerprint density at radius 1 is 1.18 bits per heavy atom. The van der Waals surface area contributed by atoms with Gasteiger partial charge in [0.05, 0.1) is 6.04 Å². The van der Waals surface area contributed by atoms with E-state index in [1.807, 2.05) is 11.3 Å². The fourth-order valence-corrected chi connectivity index (χ4v) is 2.83. The van der Waals surface area contributed by atoms with Gasteiger partial charge in [-0.25, -0.2) is 0 Å². The summed E-state index contributed by atoms with van der Waals surface area (Å²) in [4.78, 5) is 1.37. The molecule has 0 spiro atoms. The highest BCUT2D eigenvalue weighted by Gasteiger charge is 2.13. The van der Waals surface area contributed by atoms with Gasteiger partial charge in [-0.2, -0.15) is 0 Å². The summed E-state index contributed by atoms with van der Waals surface area (Å²) in [5, 5.41) is 5.82. The highest BCUT2D eigenvalue weighted by atomic mass is 32.1. The zero-order chi connectivity index (χ0) is 12.3. The number of thiophene rings is 1. The van der Waals surface area contributed by atoms with Crippen LogP contribution in [0.2, 0.25) is 0 Å². The molecule has 0 fully saturated rings. The summed E-state index contributed by atoms with van der Waals surface area (Å²) >= 11 is 1.82. The highest BCUT2D eigenvalue weighted by molar-refractivity contribution is 7.10. The first kappa shape index (κ1) is 12.3. The first-order valence-corrected chi connectivity index (χ1v) is 6.93. The van der Waals surface area contributed by atoms with Crippen LogP contribution in [0, 0.1) is 13.8 Å². The summed E-state index contributed by atoms with van der Waals surface area (Å²) in [6, 6.07) is 11.3. The molecule has 0 aliphatic carbocycles. The average Bonchev–Trinajstić information content (AvgIpc) is 2.72. The van der Waals surface area contributed by atoms with Gasteiger partial charge < -0.3 is 5.32 Å². The van der Waals surface area contributed by atoms with E-state index in [1.165, 1.54) is 21.6 Å². The SMILES string of the molecule is CCNC(c1cccc(C)c1)c1csc(C)c1. The monoisotopic (exact) mass is 245 g/mol. The Kier molecular flexibility index (Phi) is 3.97. The van der Waals surface area contributed by atoms with Gasteiger partial charge in [-0.3, -0.25) is 0 Å². The van der Waals surface area contributed by atoms with Crippen LogP contribution < -0.4 is 5.32 Å². The van der Waals surface area contributed by atoms with Crippen LogP contribution in [0.25, 0.3) is 0 Å². The lowest BCUT2D eigenvalue weighted by molar-refractivity contribution is 0.632. The third-order valence-electron chi connectivity index (χ3n) is 2.87. The number of rotatable bonds is 4. The molecule has 0 saturated heterocycles. The van der Waals surface area contributed by atoms with Crippen molar-refractivity contribution >= 4 is 11.3 Å². The van der Waals surface area contributed by atoms with Gasteiger partial charge in [0.2, 0.25) is 0 Å². The molecule has 0 aliphatic rings. The molecule has 1 atom stereocenters. The fraction of sp³-hybridized carbons (Fsp3) is 0.333. The van der Waals surface area contributed by atoms with Gasteiger partial charge >= 0.3 is 0 Å². The molecule has 1 unspecified atom stereocenters. The van der Waals surface area contributed by atoms with E-state index < -0.39 is 0 Å². The summed E-state index contributed by atoms with van der Waals surface area (Å²) in [6.07, 6.45) is 0. The summed E-state index contributed by atoms with van der Waals surface area (Å²) < 4.78 is 0. The van der Waals surface area contributed by atoms with E-state index in [0.717, 1.165) is 6.54 Å². The predicted molar refractivity (Wildman–Crippen MR) is 75.8 cm³/mol. The Morgan fingerprint density at radius 3 is 2.59 bits per heavy atom. The minimum atomic E-state index is 0.324. The minimum Gasteiger partial charge on any atom is -0.307 e. The van der Waals surface area contributed by atoms with E-state index in [4.69, 9.17) is 0 Å². The zero-order valence-electron chi connectivity index (χ0n) is 10.7. The number of nitrogens with one attached hydrogen (secondary N) is 1. The molecule has 1 aromatic carbocycles. The van der Waals surface area contributed by atoms with Gasteiger partial charge in [-0.15, -0.1) is 11.3 Å². The van der Waals surface area contributed by atoms with Crippen molar-refractivity contribution in [3.05, 3.63) is 57.3 Å². The minimum absolute atomic E-state index is 0.324. The Bertz CT molecular complexity index is 487. The van der Waals surface area contributed by atoms with Crippen molar-refractivity contribution in [2.45, 2.75) is 26.8 Å². The maximum Gasteiger partial charge on any atom is 0.0585 e. The average molecular weight is 245 g/mol. The third-order valence-corrected chi connectivity index (χ3v) is 3.75. The maximum atomic E-state index is 3.56. The van der Waals surface area contributed by atoms with Crippen molar-refractivity contribution in [2.75, 3.05) is 6.54 Å². The van der Waals surface area contributed by atoms with E-state index >= 15 is 0 Å². The highest BCUT2D eigenvalue weighted by Crippen LogP contribution is 2.26. The van der Waals surface area contributed by atoms with Crippen molar-refractivity contribution in [2.24, 2.45) is 0 Å². The van der Waals surface area contributed by atoms with Crippen LogP contribution in [-0.4, -0.2) is 6.54 Å². The summed E-state index contributed by atoms with van der Waals surface area (Å²) in [7, 11) is 0. The molecule has 0 aliphatic heterocycles. The third kappa shape index (κ3) is 2.96. The second kappa shape index (κ2) is 5.48. The van der Waals surface area contributed by atoms with Gasteiger partial charge in [0.15, 0.2) is 0 Å². The number of aryl methyl sites for hydroxylation is 2. The normalized spacial score (nSPS) is 12.6.